The van der Waals surface area contributed by atoms with Gasteiger partial charge in [0.1, 0.15) is 5.84 Å². The molecule has 2 aliphatic heterocycles. The molecule has 1 fully saturated rings. The van der Waals surface area contributed by atoms with Crippen LogP contribution < -0.4 is 5.32 Å². The second-order valence-electron chi connectivity index (χ2n) is 6.66. The first-order chi connectivity index (χ1) is 11.8. The van der Waals surface area contributed by atoms with E-state index in [4.69, 9.17) is 4.99 Å². The molecule has 0 spiro atoms. The first kappa shape index (κ1) is 15.2. The Hall–Kier alpha value is -2.39. The fourth-order valence-corrected chi connectivity index (χ4v) is 3.70. The van der Waals surface area contributed by atoms with E-state index in [1.54, 1.807) is 0 Å². The third-order valence-electron chi connectivity index (χ3n) is 5.06. The summed E-state index contributed by atoms with van der Waals surface area (Å²) in [5.41, 5.74) is 7.50. The van der Waals surface area contributed by atoms with Crippen molar-refractivity contribution in [2.75, 3.05) is 26.2 Å². The molecule has 2 aromatic carbocycles. The summed E-state index contributed by atoms with van der Waals surface area (Å²) in [4.78, 5) is 7.58. The maximum absolute atomic E-state index is 5.13. The molecule has 3 nitrogen and oxygen atoms in total. The van der Waals surface area contributed by atoms with E-state index in [1.807, 2.05) is 6.08 Å². The van der Waals surface area contributed by atoms with Crippen molar-refractivity contribution in [3.05, 3.63) is 70.8 Å². The number of fused-ring (bicyclic) bond motifs is 2. The predicted molar refractivity (Wildman–Crippen MR) is 99.9 cm³/mol. The lowest BCUT2D eigenvalue weighted by Crippen LogP contribution is -2.89. The Labute approximate surface area is 143 Å². The van der Waals surface area contributed by atoms with E-state index in [-0.39, 0.29) is 0 Å². The van der Waals surface area contributed by atoms with Crippen LogP contribution in [0.5, 0.6) is 0 Å². The highest BCUT2D eigenvalue weighted by Gasteiger charge is 2.23. The smallest absolute Gasteiger partial charge is 0.137 e. The number of aryl methyl sites for hydroxylation is 1. The van der Waals surface area contributed by atoms with Crippen molar-refractivity contribution < 1.29 is 5.32 Å². The standard InChI is InChI=1S/C21H23N3/c1-3-16-13-18-14-17-6-4-5-7-19(17)21(23-20(18)12-15(16)2)24-10-8-22-9-11-24/h3-7,12-13,22H,1,8-11,14H2,2H3/p+1. The second kappa shape index (κ2) is 6.25. The van der Waals surface area contributed by atoms with Crippen LogP contribution in [-0.2, 0) is 6.42 Å². The molecule has 2 aliphatic rings. The quantitative estimate of drug-likeness (QED) is 0.861. The third-order valence-corrected chi connectivity index (χ3v) is 5.06. The molecule has 2 heterocycles. The Morgan fingerprint density at radius 1 is 1.12 bits per heavy atom. The highest BCUT2D eigenvalue weighted by atomic mass is 15.2. The van der Waals surface area contributed by atoms with Gasteiger partial charge >= 0.3 is 0 Å². The molecule has 0 unspecified atom stereocenters. The van der Waals surface area contributed by atoms with Crippen molar-refractivity contribution >= 4 is 17.6 Å². The van der Waals surface area contributed by atoms with Gasteiger partial charge in [0.2, 0.25) is 0 Å². The van der Waals surface area contributed by atoms with Crippen LogP contribution in [-0.4, -0.2) is 36.9 Å². The highest BCUT2D eigenvalue weighted by molar-refractivity contribution is 6.02. The van der Waals surface area contributed by atoms with Gasteiger partial charge in [-0.3, -0.25) is 0 Å². The number of piperazine rings is 1. The molecule has 0 radical (unpaired) electrons. The maximum atomic E-state index is 5.13. The third kappa shape index (κ3) is 2.65. The number of aliphatic imine (C=N–C) groups is 1. The summed E-state index contributed by atoms with van der Waals surface area (Å²) < 4.78 is 0. The Kier molecular flexibility index (Phi) is 3.95. The molecule has 0 saturated carbocycles. The molecule has 24 heavy (non-hydrogen) atoms. The van der Waals surface area contributed by atoms with Gasteiger partial charge in [0, 0.05) is 12.0 Å². The van der Waals surface area contributed by atoms with Crippen LogP contribution in [0.3, 0.4) is 0 Å². The lowest BCUT2D eigenvalue weighted by atomic mass is 9.96. The molecular formula is C21H24N3+. The van der Waals surface area contributed by atoms with Crippen LogP contribution in [0.2, 0.25) is 0 Å². The van der Waals surface area contributed by atoms with Gasteiger partial charge in [-0.25, -0.2) is 4.99 Å². The van der Waals surface area contributed by atoms with Crippen molar-refractivity contribution in [3.8, 4) is 0 Å². The van der Waals surface area contributed by atoms with Gasteiger partial charge in [0.25, 0.3) is 0 Å². The van der Waals surface area contributed by atoms with Gasteiger partial charge < -0.3 is 10.2 Å². The van der Waals surface area contributed by atoms with Crippen molar-refractivity contribution in [2.45, 2.75) is 13.3 Å². The van der Waals surface area contributed by atoms with E-state index < -0.39 is 0 Å². The molecule has 2 N–H and O–H groups in total. The second-order valence-corrected chi connectivity index (χ2v) is 6.66. The number of amidine groups is 1. The normalized spacial score (nSPS) is 16.7. The number of rotatable bonds is 1. The van der Waals surface area contributed by atoms with Crippen LogP contribution in [0.1, 0.15) is 27.8 Å². The van der Waals surface area contributed by atoms with Gasteiger partial charge in [0.05, 0.1) is 31.9 Å². The van der Waals surface area contributed by atoms with Crippen LogP contribution in [0.15, 0.2) is 48.0 Å². The maximum Gasteiger partial charge on any atom is 0.137 e. The van der Waals surface area contributed by atoms with E-state index in [2.05, 4.69) is 60.1 Å². The van der Waals surface area contributed by atoms with Gasteiger partial charge in [0.15, 0.2) is 0 Å². The molecule has 3 heteroatoms. The van der Waals surface area contributed by atoms with Crippen molar-refractivity contribution in [1.82, 2.24) is 4.90 Å². The minimum atomic E-state index is 0.930. The average molecular weight is 318 g/mol. The number of hydrogen-bond donors (Lipinski definition) is 1. The van der Waals surface area contributed by atoms with Crippen LogP contribution in [0, 0.1) is 6.92 Å². The molecule has 0 bridgehead atoms. The zero-order valence-electron chi connectivity index (χ0n) is 14.3. The largest absolute Gasteiger partial charge is 0.345 e. The fourth-order valence-electron chi connectivity index (χ4n) is 3.70. The summed E-state index contributed by atoms with van der Waals surface area (Å²) in [5.74, 6) is 1.14. The predicted octanol–water partition coefficient (Wildman–Crippen LogP) is 2.50. The fraction of sp³-hybridized carbons (Fsp3) is 0.286. The summed E-state index contributed by atoms with van der Waals surface area (Å²) >= 11 is 0. The van der Waals surface area contributed by atoms with Crippen molar-refractivity contribution in [2.24, 2.45) is 4.99 Å². The molecule has 2 aromatic rings. The number of benzene rings is 2. The van der Waals surface area contributed by atoms with Crippen LogP contribution in [0.25, 0.3) is 6.08 Å². The number of quaternary nitrogens is 1. The zero-order chi connectivity index (χ0) is 16.5. The van der Waals surface area contributed by atoms with Crippen LogP contribution in [0.4, 0.5) is 5.69 Å². The minimum absolute atomic E-state index is 0.930. The molecule has 0 amide bonds. The minimum Gasteiger partial charge on any atom is -0.345 e. The van der Waals surface area contributed by atoms with E-state index >= 15 is 0 Å². The van der Waals surface area contributed by atoms with Crippen molar-refractivity contribution in [3.63, 3.8) is 0 Å². The van der Waals surface area contributed by atoms with E-state index in [0.29, 0.717) is 0 Å². The van der Waals surface area contributed by atoms with E-state index in [9.17, 15) is 0 Å². The van der Waals surface area contributed by atoms with Gasteiger partial charge in [-0.2, -0.15) is 0 Å². The summed E-state index contributed by atoms with van der Waals surface area (Å²) in [7, 11) is 0. The monoisotopic (exact) mass is 318 g/mol. The summed E-state index contributed by atoms with van der Waals surface area (Å²) in [6.45, 7) is 10.5. The highest BCUT2D eigenvalue weighted by Crippen LogP contribution is 2.32. The Morgan fingerprint density at radius 2 is 1.92 bits per heavy atom. The van der Waals surface area contributed by atoms with Gasteiger partial charge in [-0.15, -0.1) is 0 Å². The Bertz CT molecular complexity index is 814. The van der Waals surface area contributed by atoms with E-state index in [1.165, 1.54) is 27.8 Å². The Balaban J connectivity index is 1.89. The van der Waals surface area contributed by atoms with Gasteiger partial charge in [-0.1, -0.05) is 36.9 Å². The number of hydrogen-bond acceptors (Lipinski definition) is 2. The van der Waals surface area contributed by atoms with Crippen LogP contribution >= 0.6 is 0 Å². The Morgan fingerprint density at radius 3 is 2.71 bits per heavy atom. The van der Waals surface area contributed by atoms with Crippen molar-refractivity contribution in [1.29, 1.82) is 0 Å². The zero-order valence-corrected chi connectivity index (χ0v) is 14.3. The lowest BCUT2D eigenvalue weighted by Gasteiger charge is -2.29. The first-order valence-corrected chi connectivity index (χ1v) is 8.76. The molecule has 122 valence electrons. The summed E-state index contributed by atoms with van der Waals surface area (Å²) in [5, 5.41) is 2.38. The lowest BCUT2D eigenvalue weighted by molar-refractivity contribution is -0.661. The SMILES string of the molecule is C=Cc1cc2c(cc1C)N=C(N1CC[NH2+]CC1)c1ccccc1C2. The molecular weight excluding hydrogens is 294 g/mol. The summed E-state index contributed by atoms with van der Waals surface area (Å²) in [6.07, 6.45) is 2.87. The topological polar surface area (TPSA) is 32.2 Å². The van der Waals surface area contributed by atoms with E-state index in [0.717, 1.165) is 44.1 Å². The molecule has 0 atom stereocenters. The average Bonchev–Trinajstić information content (AvgIpc) is 2.78. The molecule has 0 aliphatic carbocycles. The molecule has 4 rings (SSSR count). The summed E-state index contributed by atoms with van der Waals surface area (Å²) in [6, 6.07) is 13.2. The first-order valence-electron chi connectivity index (χ1n) is 8.76. The van der Waals surface area contributed by atoms with Gasteiger partial charge in [-0.05, 0) is 41.3 Å². The molecule has 0 aromatic heterocycles. The number of nitrogens with two attached hydrogens (primary N) is 1. The number of nitrogens with zero attached hydrogens (tertiary/aromatic N) is 2. The molecule has 1 saturated heterocycles.